The molecule has 1 amide bonds. The zero-order chi connectivity index (χ0) is 15.9. The topological polar surface area (TPSA) is 79.5 Å². The molecule has 1 fully saturated rings. The van der Waals surface area contributed by atoms with Crippen molar-refractivity contribution in [2.75, 3.05) is 18.4 Å². The number of amides is 1. The maximum atomic E-state index is 11.9. The molecule has 120 valence electrons. The van der Waals surface area contributed by atoms with E-state index in [1.165, 1.54) is 19.3 Å². The smallest absolute Gasteiger partial charge is 0.226 e. The second-order valence-electron chi connectivity index (χ2n) is 5.73. The van der Waals surface area contributed by atoms with Crippen LogP contribution in [-0.4, -0.2) is 25.0 Å². The molecule has 0 aliphatic heterocycles. The quantitative estimate of drug-likeness (QED) is 0.556. The molecule has 0 heterocycles. The van der Waals surface area contributed by atoms with E-state index >= 15 is 0 Å². The molecule has 0 unspecified atom stereocenters. The van der Waals surface area contributed by atoms with Crippen LogP contribution < -0.4 is 16.4 Å². The highest BCUT2D eigenvalue weighted by Crippen LogP contribution is 2.26. The summed E-state index contributed by atoms with van der Waals surface area (Å²) < 4.78 is 0. The van der Waals surface area contributed by atoms with Crippen LogP contribution in [0.25, 0.3) is 0 Å². The second-order valence-corrected chi connectivity index (χ2v) is 6.14. The van der Waals surface area contributed by atoms with Crippen LogP contribution in [0.5, 0.6) is 0 Å². The Morgan fingerprint density at radius 2 is 2.23 bits per heavy atom. The number of hydrogen-bond donors (Lipinski definition) is 3. The van der Waals surface area contributed by atoms with Crippen molar-refractivity contribution in [3.8, 4) is 0 Å². The van der Waals surface area contributed by atoms with E-state index in [2.05, 4.69) is 15.6 Å². The number of carbonyl (C=O) groups excluding carboxylic acids is 1. The monoisotopic (exact) mass is 322 g/mol. The first-order valence-corrected chi connectivity index (χ1v) is 8.02. The highest BCUT2D eigenvalue weighted by Gasteiger charge is 2.16. The predicted octanol–water partition coefficient (Wildman–Crippen LogP) is 2.68. The summed E-state index contributed by atoms with van der Waals surface area (Å²) in [6, 6.07) is 5.53. The number of nitrogens with two attached hydrogens (primary N) is 1. The molecule has 5 nitrogen and oxygen atoms in total. The van der Waals surface area contributed by atoms with Crippen molar-refractivity contribution < 1.29 is 4.79 Å². The van der Waals surface area contributed by atoms with Crippen LogP contribution >= 0.6 is 11.6 Å². The van der Waals surface area contributed by atoms with E-state index in [4.69, 9.17) is 17.3 Å². The summed E-state index contributed by atoms with van der Waals surface area (Å²) in [7, 11) is 0. The maximum Gasteiger partial charge on any atom is 0.226 e. The van der Waals surface area contributed by atoms with E-state index in [1.807, 2.05) is 19.1 Å². The lowest BCUT2D eigenvalue weighted by atomic mass is 9.86. The maximum absolute atomic E-state index is 11.9. The van der Waals surface area contributed by atoms with Crippen LogP contribution in [0.3, 0.4) is 0 Å². The molecule has 1 aromatic rings. The fourth-order valence-electron chi connectivity index (χ4n) is 2.20. The Balaban J connectivity index is 1.68. The number of aryl methyl sites for hydroxylation is 1. The average Bonchev–Trinajstić information content (AvgIpc) is 2.40. The number of aliphatic imine (C=N–C) groups is 1. The lowest BCUT2D eigenvalue weighted by Crippen LogP contribution is -2.34. The minimum Gasteiger partial charge on any atom is -0.370 e. The average molecular weight is 323 g/mol. The molecule has 22 heavy (non-hydrogen) atoms. The van der Waals surface area contributed by atoms with E-state index in [9.17, 15) is 4.79 Å². The molecule has 0 bridgehead atoms. The number of guanidine groups is 1. The molecule has 0 radical (unpaired) electrons. The van der Waals surface area contributed by atoms with Crippen molar-refractivity contribution in [1.82, 2.24) is 5.32 Å². The van der Waals surface area contributed by atoms with Gasteiger partial charge in [0.15, 0.2) is 5.96 Å². The molecule has 1 aromatic carbocycles. The molecule has 1 saturated carbocycles. The molecular formula is C16H23ClN4O. The van der Waals surface area contributed by atoms with Gasteiger partial charge in [0.2, 0.25) is 5.91 Å². The van der Waals surface area contributed by atoms with E-state index in [0.29, 0.717) is 35.6 Å². The number of hydrogen-bond acceptors (Lipinski definition) is 2. The molecular weight excluding hydrogens is 300 g/mol. The van der Waals surface area contributed by atoms with Gasteiger partial charge in [-0.2, -0.15) is 0 Å². The highest BCUT2D eigenvalue weighted by molar-refractivity contribution is 6.33. The molecule has 1 aliphatic carbocycles. The first-order chi connectivity index (χ1) is 10.5. The fraction of sp³-hybridized carbons (Fsp3) is 0.500. The first kappa shape index (κ1) is 16.6. The van der Waals surface area contributed by atoms with Gasteiger partial charge in [-0.05, 0) is 43.4 Å². The van der Waals surface area contributed by atoms with Gasteiger partial charge >= 0.3 is 0 Å². The van der Waals surface area contributed by atoms with Gasteiger partial charge in [0.05, 0.1) is 10.7 Å². The third-order valence-corrected chi connectivity index (χ3v) is 4.11. The van der Waals surface area contributed by atoms with E-state index in [-0.39, 0.29) is 5.91 Å². The molecule has 0 saturated heterocycles. The molecule has 6 heteroatoms. The molecule has 0 spiro atoms. The second kappa shape index (κ2) is 8.03. The van der Waals surface area contributed by atoms with Gasteiger partial charge in [0.1, 0.15) is 0 Å². The van der Waals surface area contributed by atoms with Crippen molar-refractivity contribution in [3.05, 3.63) is 28.8 Å². The predicted molar refractivity (Wildman–Crippen MR) is 91.3 cm³/mol. The Morgan fingerprint density at radius 3 is 2.86 bits per heavy atom. The molecule has 1 aliphatic rings. The number of rotatable bonds is 6. The number of anilines is 1. The van der Waals surface area contributed by atoms with E-state index in [1.54, 1.807) is 6.07 Å². The van der Waals surface area contributed by atoms with E-state index in [0.717, 1.165) is 12.1 Å². The zero-order valence-electron chi connectivity index (χ0n) is 12.9. The standard InChI is InChI=1S/C16H23ClN4O/c1-11-5-6-14(13(17)9-11)21-15(22)7-8-19-16(18)20-10-12-3-2-4-12/h5-6,9,12H,2-4,7-8,10H2,1H3,(H,21,22)(H3,18,19,20). The van der Waals surface area contributed by atoms with Gasteiger partial charge < -0.3 is 16.4 Å². The Hall–Kier alpha value is -1.75. The van der Waals surface area contributed by atoms with Crippen molar-refractivity contribution >= 4 is 29.2 Å². The van der Waals surface area contributed by atoms with Crippen molar-refractivity contribution in [1.29, 1.82) is 0 Å². The Kier molecular flexibility index (Phi) is 6.07. The third kappa shape index (κ3) is 5.22. The van der Waals surface area contributed by atoms with Crippen molar-refractivity contribution in [2.24, 2.45) is 16.6 Å². The normalized spacial score (nSPS) is 15.3. The Bertz CT molecular complexity index is 555. The minimum absolute atomic E-state index is 0.106. The lowest BCUT2D eigenvalue weighted by molar-refractivity contribution is -0.116. The Morgan fingerprint density at radius 1 is 1.45 bits per heavy atom. The number of carbonyl (C=O) groups is 1. The highest BCUT2D eigenvalue weighted by atomic mass is 35.5. The molecule has 2 rings (SSSR count). The SMILES string of the molecule is Cc1ccc(NC(=O)CCNC(N)=NCC2CCC2)c(Cl)c1. The minimum atomic E-state index is -0.106. The largest absolute Gasteiger partial charge is 0.370 e. The summed E-state index contributed by atoms with van der Waals surface area (Å²) in [6.07, 6.45) is 4.10. The summed E-state index contributed by atoms with van der Waals surface area (Å²) in [5.41, 5.74) is 7.45. The molecule has 0 atom stereocenters. The fourth-order valence-corrected chi connectivity index (χ4v) is 2.48. The van der Waals surface area contributed by atoms with Crippen LogP contribution in [0.15, 0.2) is 23.2 Å². The summed E-state index contributed by atoms with van der Waals surface area (Å²) >= 11 is 6.08. The Labute approximate surface area is 136 Å². The lowest BCUT2D eigenvalue weighted by Gasteiger charge is -2.23. The van der Waals surface area contributed by atoms with Crippen LogP contribution in [0, 0.1) is 12.8 Å². The summed E-state index contributed by atoms with van der Waals surface area (Å²) in [4.78, 5) is 16.1. The summed E-state index contributed by atoms with van der Waals surface area (Å²) in [5, 5.41) is 6.29. The van der Waals surface area contributed by atoms with Crippen molar-refractivity contribution in [3.63, 3.8) is 0 Å². The van der Waals surface area contributed by atoms with Crippen LogP contribution in [0.4, 0.5) is 5.69 Å². The van der Waals surface area contributed by atoms with Gasteiger partial charge in [-0.3, -0.25) is 9.79 Å². The number of nitrogens with zero attached hydrogens (tertiary/aromatic N) is 1. The molecule has 0 aromatic heterocycles. The van der Waals surface area contributed by atoms with Gasteiger partial charge in [-0.15, -0.1) is 0 Å². The van der Waals surface area contributed by atoms with Gasteiger partial charge in [0, 0.05) is 19.5 Å². The molecule has 4 N–H and O–H groups in total. The van der Waals surface area contributed by atoms with Gasteiger partial charge in [-0.1, -0.05) is 24.1 Å². The van der Waals surface area contributed by atoms with Crippen LogP contribution in [0.1, 0.15) is 31.2 Å². The van der Waals surface area contributed by atoms with Crippen LogP contribution in [0.2, 0.25) is 5.02 Å². The van der Waals surface area contributed by atoms with Gasteiger partial charge in [0.25, 0.3) is 0 Å². The number of benzene rings is 1. The van der Waals surface area contributed by atoms with Crippen LogP contribution in [-0.2, 0) is 4.79 Å². The summed E-state index contributed by atoms with van der Waals surface area (Å²) in [5.74, 6) is 0.991. The van der Waals surface area contributed by atoms with Gasteiger partial charge in [-0.25, -0.2) is 0 Å². The number of nitrogens with one attached hydrogen (secondary N) is 2. The third-order valence-electron chi connectivity index (χ3n) is 3.80. The zero-order valence-corrected chi connectivity index (χ0v) is 13.6. The number of halogens is 1. The van der Waals surface area contributed by atoms with Crippen molar-refractivity contribution in [2.45, 2.75) is 32.6 Å². The summed E-state index contributed by atoms with van der Waals surface area (Å²) in [6.45, 7) is 3.19. The van der Waals surface area contributed by atoms with E-state index < -0.39 is 0 Å². The first-order valence-electron chi connectivity index (χ1n) is 7.64.